The van der Waals surface area contributed by atoms with Crippen LogP contribution in [0.5, 0.6) is 0 Å². The van der Waals surface area contributed by atoms with Crippen molar-refractivity contribution in [2.24, 2.45) is 5.92 Å². The maximum atomic E-state index is 11.7. The maximum absolute atomic E-state index is 11.7. The van der Waals surface area contributed by atoms with Gasteiger partial charge in [0.2, 0.25) is 23.6 Å². The quantitative estimate of drug-likeness (QED) is 0.469. The molecule has 22 heavy (non-hydrogen) atoms. The summed E-state index contributed by atoms with van der Waals surface area (Å²) in [5.74, 6) is -0.825. The van der Waals surface area contributed by atoms with Crippen molar-refractivity contribution in [3.63, 3.8) is 0 Å². The summed E-state index contributed by atoms with van der Waals surface area (Å²) >= 11 is 0. The molecule has 2 N–H and O–H groups in total. The lowest BCUT2D eigenvalue weighted by Crippen LogP contribution is -2.35. The van der Waals surface area contributed by atoms with Crippen LogP contribution in [-0.4, -0.2) is 48.2 Å². The standard InChI is InChI=1S/C15H25N3O4/c1-11-10-14(21)18(15(11)22)9-6-13(20)17-8-5-3-4-7-16-12(2)19/h11H,3-10H2,1-2H3,(H,16,19)(H,17,20). The lowest BCUT2D eigenvalue weighted by molar-refractivity contribution is -0.139. The highest BCUT2D eigenvalue weighted by Gasteiger charge is 2.35. The molecule has 124 valence electrons. The molecule has 1 aliphatic rings. The highest BCUT2D eigenvalue weighted by molar-refractivity contribution is 6.03. The minimum Gasteiger partial charge on any atom is -0.356 e. The number of unbranched alkanes of at least 4 members (excludes halogenated alkanes) is 2. The normalized spacial score (nSPS) is 17.7. The number of amides is 4. The molecule has 4 amide bonds. The fraction of sp³-hybridized carbons (Fsp3) is 0.733. The van der Waals surface area contributed by atoms with Gasteiger partial charge in [-0.25, -0.2) is 0 Å². The Kier molecular flexibility index (Phi) is 7.56. The predicted octanol–water partition coefficient (Wildman–Crippen LogP) is 0.194. The van der Waals surface area contributed by atoms with Crippen LogP contribution in [0.15, 0.2) is 0 Å². The van der Waals surface area contributed by atoms with E-state index in [1.165, 1.54) is 11.8 Å². The maximum Gasteiger partial charge on any atom is 0.232 e. The van der Waals surface area contributed by atoms with Crippen LogP contribution >= 0.6 is 0 Å². The Balaban J connectivity index is 2.06. The van der Waals surface area contributed by atoms with Crippen LogP contribution in [0.3, 0.4) is 0 Å². The molecule has 1 unspecified atom stereocenters. The van der Waals surface area contributed by atoms with E-state index in [0.717, 1.165) is 19.3 Å². The fourth-order valence-corrected chi connectivity index (χ4v) is 2.30. The van der Waals surface area contributed by atoms with Gasteiger partial charge in [-0.2, -0.15) is 0 Å². The summed E-state index contributed by atoms with van der Waals surface area (Å²) in [6.45, 7) is 4.59. The summed E-state index contributed by atoms with van der Waals surface area (Å²) < 4.78 is 0. The zero-order valence-corrected chi connectivity index (χ0v) is 13.3. The van der Waals surface area contributed by atoms with Crippen LogP contribution in [0, 0.1) is 5.92 Å². The van der Waals surface area contributed by atoms with Crippen LogP contribution in [0.25, 0.3) is 0 Å². The molecule has 0 aromatic rings. The van der Waals surface area contributed by atoms with Crippen molar-refractivity contribution in [2.75, 3.05) is 19.6 Å². The minimum absolute atomic E-state index is 0.0337. The molecular formula is C15H25N3O4. The zero-order chi connectivity index (χ0) is 16.5. The molecule has 1 fully saturated rings. The first-order valence-corrected chi connectivity index (χ1v) is 7.77. The zero-order valence-electron chi connectivity index (χ0n) is 13.3. The van der Waals surface area contributed by atoms with Gasteiger partial charge in [-0.1, -0.05) is 6.92 Å². The number of hydrogen-bond donors (Lipinski definition) is 2. The van der Waals surface area contributed by atoms with Gasteiger partial charge in [0.15, 0.2) is 0 Å². The SMILES string of the molecule is CC(=O)NCCCCCNC(=O)CCN1C(=O)CC(C)C1=O. The van der Waals surface area contributed by atoms with Crippen molar-refractivity contribution in [3.05, 3.63) is 0 Å². The van der Waals surface area contributed by atoms with E-state index in [4.69, 9.17) is 0 Å². The van der Waals surface area contributed by atoms with Crippen LogP contribution in [-0.2, 0) is 19.2 Å². The van der Waals surface area contributed by atoms with Crippen molar-refractivity contribution in [2.45, 2.75) is 46.0 Å². The fourth-order valence-electron chi connectivity index (χ4n) is 2.30. The molecule has 1 rings (SSSR count). The third-order valence-electron chi connectivity index (χ3n) is 3.58. The van der Waals surface area contributed by atoms with Crippen LogP contribution in [0.1, 0.15) is 46.0 Å². The van der Waals surface area contributed by atoms with Crippen molar-refractivity contribution in [1.82, 2.24) is 15.5 Å². The van der Waals surface area contributed by atoms with E-state index in [2.05, 4.69) is 10.6 Å². The van der Waals surface area contributed by atoms with Crippen molar-refractivity contribution < 1.29 is 19.2 Å². The van der Waals surface area contributed by atoms with Crippen LogP contribution in [0.2, 0.25) is 0 Å². The smallest absolute Gasteiger partial charge is 0.232 e. The molecule has 1 saturated heterocycles. The number of nitrogens with zero attached hydrogens (tertiary/aromatic N) is 1. The Bertz CT molecular complexity index is 437. The molecule has 0 saturated carbocycles. The average molecular weight is 311 g/mol. The highest BCUT2D eigenvalue weighted by atomic mass is 16.2. The Hall–Kier alpha value is -1.92. The summed E-state index contributed by atoms with van der Waals surface area (Å²) in [5, 5.41) is 5.48. The monoisotopic (exact) mass is 311 g/mol. The number of likely N-dealkylation sites (tertiary alicyclic amines) is 1. The lowest BCUT2D eigenvalue weighted by Gasteiger charge is -2.14. The highest BCUT2D eigenvalue weighted by Crippen LogP contribution is 2.18. The number of imide groups is 1. The Morgan fingerprint density at radius 1 is 1.14 bits per heavy atom. The van der Waals surface area contributed by atoms with E-state index in [0.29, 0.717) is 13.1 Å². The summed E-state index contributed by atoms with van der Waals surface area (Å²) in [5.41, 5.74) is 0. The molecule has 7 heteroatoms. The molecule has 0 spiro atoms. The summed E-state index contributed by atoms with van der Waals surface area (Å²) in [7, 11) is 0. The summed E-state index contributed by atoms with van der Waals surface area (Å²) in [6.07, 6.45) is 3.03. The van der Waals surface area contributed by atoms with Crippen molar-refractivity contribution in [1.29, 1.82) is 0 Å². The van der Waals surface area contributed by atoms with Gasteiger partial charge in [0.25, 0.3) is 0 Å². The van der Waals surface area contributed by atoms with Gasteiger partial charge in [0.05, 0.1) is 0 Å². The third-order valence-corrected chi connectivity index (χ3v) is 3.58. The molecule has 0 radical (unpaired) electrons. The first-order chi connectivity index (χ1) is 10.4. The predicted molar refractivity (Wildman–Crippen MR) is 80.7 cm³/mol. The summed E-state index contributed by atoms with van der Waals surface area (Å²) in [6, 6.07) is 0. The number of nitrogens with one attached hydrogen (secondary N) is 2. The van der Waals surface area contributed by atoms with Gasteiger partial charge in [0.1, 0.15) is 0 Å². The number of carbonyl (C=O) groups excluding carboxylic acids is 4. The molecule has 0 aliphatic carbocycles. The number of carbonyl (C=O) groups is 4. The van der Waals surface area contributed by atoms with Gasteiger partial charge < -0.3 is 10.6 Å². The van der Waals surface area contributed by atoms with Crippen LogP contribution in [0.4, 0.5) is 0 Å². The Morgan fingerprint density at radius 3 is 2.32 bits per heavy atom. The number of rotatable bonds is 9. The lowest BCUT2D eigenvalue weighted by atomic mass is 10.1. The topological polar surface area (TPSA) is 95.6 Å². The van der Waals surface area contributed by atoms with E-state index < -0.39 is 0 Å². The molecule has 1 aliphatic heterocycles. The average Bonchev–Trinajstić information content (AvgIpc) is 2.69. The summed E-state index contributed by atoms with van der Waals surface area (Å²) in [4.78, 5) is 46.7. The molecule has 1 atom stereocenters. The largest absolute Gasteiger partial charge is 0.356 e. The van der Waals surface area contributed by atoms with Crippen LogP contribution < -0.4 is 10.6 Å². The minimum atomic E-state index is -0.265. The Morgan fingerprint density at radius 2 is 1.77 bits per heavy atom. The molecule has 1 heterocycles. The van der Waals surface area contributed by atoms with E-state index in [1.54, 1.807) is 6.92 Å². The first kappa shape index (κ1) is 18.1. The number of hydrogen-bond acceptors (Lipinski definition) is 4. The first-order valence-electron chi connectivity index (χ1n) is 7.77. The second kappa shape index (κ2) is 9.17. The Labute approximate surface area is 130 Å². The molecular weight excluding hydrogens is 286 g/mol. The molecule has 7 nitrogen and oxygen atoms in total. The molecule has 0 aromatic carbocycles. The van der Waals surface area contributed by atoms with Gasteiger partial charge in [-0.05, 0) is 19.3 Å². The van der Waals surface area contributed by atoms with Gasteiger partial charge in [0, 0.05) is 45.3 Å². The van der Waals surface area contributed by atoms with Gasteiger partial charge in [-0.15, -0.1) is 0 Å². The molecule has 0 aromatic heterocycles. The van der Waals surface area contributed by atoms with E-state index in [1.807, 2.05) is 0 Å². The van der Waals surface area contributed by atoms with E-state index in [-0.39, 0.29) is 48.9 Å². The second-order valence-corrected chi connectivity index (χ2v) is 5.63. The van der Waals surface area contributed by atoms with Crippen molar-refractivity contribution in [3.8, 4) is 0 Å². The van der Waals surface area contributed by atoms with E-state index in [9.17, 15) is 19.2 Å². The molecule has 0 bridgehead atoms. The second-order valence-electron chi connectivity index (χ2n) is 5.63. The van der Waals surface area contributed by atoms with Crippen molar-refractivity contribution >= 4 is 23.6 Å². The van der Waals surface area contributed by atoms with E-state index >= 15 is 0 Å². The third kappa shape index (κ3) is 6.24. The van der Waals surface area contributed by atoms with Gasteiger partial charge >= 0.3 is 0 Å². The van der Waals surface area contributed by atoms with Gasteiger partial charge in [-0.3, -0.25) is 24.1 Å².